The number of carbonyl (C=O) groups excluding carboxylic acids is 3. The van der Waals surface area contributed by atoms with Crippen molar-refractivity contribution in [3.05, 3.63) is 24.3 Å². The molecule has 0 radical (unpaired) electrons. The van der Waals surface area contributed by atoms with Crippen LogP contribution >= 0.6 is 0 Å². The second kappa shape index (κ2) is 40.8. The number of alkyl carbamates (subject to hydrolysis) is 1. The Morgan fingerprint density at radius 2 is 0.906 bits per heavy atom. The lowest BCUT2D eigenvalue weighted by Gasteiger charge is -2.18. The third-order valence-corrected chi connectivity index (χ3v) is 9.47. The van der Waals surface area contributed by atoms with Gasteiger partial charge >= 0.3 is 18.0 Å². The maximum Gasteiger partial charge on any atom is 0.407 e. The van der Waals surface area contributed by atoms with E-state index in [9.17, 15) is 14.4 Å². The molecule has 0 rings (SSSR count). The zero-order valence-corrected chi connectivity index (χ0v) is 35.1. The van der Waals surface area contributed by atoms with Gasteiger partial charge < -0.3 is 24.4 Å². The van der Waals surface area contributed by atoms with Gasteiger partial charge in [0.2, 0.25) is 0 Å². The Morgan fingerprint density at radius 3 is 1.36 bits per heavy atom. The van der Waals surface area contributed by atoms with Crippen molar-refractivity contribution in [2.24, 2.45) is 0 Å². The molecular formula is C45H84N2O6. The van der Waals surface area contributed by atoms with Crippen molar-refractivity contribution in [1.82, 2.24) is 10.2 Å². The second-order valence-electron chi connectivity index (χ2n) is 15.1. The van der Waals surface area contributed by atoms with E-state index in [1.54, 1.807) is 0 Å². The molecule has 0 aliphatic heterocycles. The van der Waals surface area contributed by atoms with E-state index in [0.29, 0.717) is 19.4 Å². The van der Waals surface area contributed by atoms with Crippen molar-refractivity contribution in [1.29, 1.82) is 0 Å². The molecule has 1 atom stereocenters. The van der Waals surface area contributed by atoms with Crippen molar-refractivity contribution in [3.8, 4) is 0 Å². The predicted molar refractivity (Wildman–Crippen MR) is 222 cm³/mol. The fraction of sp³-hybridized carbons (Fsp3) is 0.844. The van der Waals surface area contributed by atoms with E-state index < -0.39 is 12.2 Å². The Morgan fingerprint density at radius 1 is 0.509 bits per heavy atom. The van der Waals surface area contributed by atoms with E-state index in [0.717, 1.165) is 70.8 Å². The molecule has 0 saturated carbocycles. The first-order valence-corrected chi connectivity index (χ1v) is 22.1. The Hall–Kier alpha value is -2.35. The van der Waals surface area contributed by atoms with Crippen LogP contribution in [0.4, 0.5) is 4.79 Å². The summed E-state index contributed by atoms with van der Waals surface area (Å²) < 4.78 is 16.4. The van der Waals surface area contributed by atoms with Crippen LogP contribution < -0.4 is 5.32 Å². The highest BCUT2D eigenvalue weighted by atomic mass is 16.6. The Balaban J connectivity index is 4.25. The molecule has 0 fully saturated rings. The number of hydrogen-bond acceptors (Lipinski definition) is 7. The Kier molecular flexibility index (Phi) is 39.0. The van der Waals surface area contributed by atoms with Crippen LogP contribution in [-0.2, 0) is 23.8 Å². The number of rotatable bonds is 39. The minimum Gasteiger partial charge on any atom is -0.462 e. The highest BCUT2D eigenvalue weighted by Crippen LogP contribution is 2.13. The SMILES string of the molecule is CCCCCCCC/C=C\CCCCCCCC(=O)OCC(COC(=O)NCCCN(C)C)OC(=O)CCCCCCC/C=C\CCCCCCCC. The highest BCUT2D eigenvalue weighted by Gasteiger charge is 2.19. The average molecular weight is 749 g/mol. The van der Waals surface area contributed by atoms with Crippen molar-refractivity contribution in [2.45, 2.75) is 206 Å². The lowest BCUT2D eigenvalue weighted by atomic mass is 10.1. The molecular weight excluding hydrogens is 665 g/mol. The van der Waals surface area contributed by atoms with Gasteiger partial charge in [-0.2, -0.15) is 0 Å². The van der Waals surface area contributed by atoms with Gasteiger partial charge in [-0.05, 0) is 91.3 Å². The number of esters is 2. The number of nitrogens with one attached hydrogen (secondary N) is 1. The summed E-state index contributed by atoms with van der Waals surface area (Å²) in [6.45, 7) is 5.58. The van der Waals surface area contributed by atoms with Crippen molar-refractivity contribution in [3.63, 3.8) is 0 Å². The summed E-state index contributed by atoms with van der Waals surface area (Å²) in [6.07, 6.45) is 40.5. The summed E-state index contributed by atoms with van der Waals surface area (Å²) >= 11 is 0. The zero-order valence-electron chi connectivity index (χ0n) is 35.1. The van der Waals surface area contributed by atoms with Gasteiger partial charge in [0.05, 0.1) is 0 Å². The third-order valence-electron chi connectivity index (χ3n) is 9.47. The molecule has 0 aromatic carbocycles. The molecule has 8 nitrogen and oxygen atoms in total. The van der Waals surface area contributed by atoms with Crippen LogP contribution in [0.3, 0.4) is 0 Å². The molecule has 1 amide bonds. The minimum atomic E-state index is -0.823. The van der Waals surface area contributed by atoms with Crippen molar-refractivity contribution in [2.75, 3.05) is 40.4 Å². The van der Waals surface area contributed by atoms with Crippen LogP contribution in [0.25, 0.3) is 0 Å². The van der Waals surface area contributed by atoms with Gasteiger partial charge in [0, 0.05) is 19.4 Å². The maximum absolute atomic E-state index is 12.6. The quantitative estimate of drug-likeness (QED) is 0.0289. The summed E-state index contributed by atoms with van der Waals surface area (Å²) in [7, 11) is 3.96. The van der Waals surface area contributed by atoms with Gasteiger partial charge in [0.1, 0.15) is 13.2 Å². The third kappa shape index (κ3) is 40.7. The van der Waals surface area contributed by atoms with Gasteiger partial charge in [0.15, 0.2) is 6.10 Å². The average Bonchev–Trinajstić information content (AvgIpc) is 3.14. The lowest BCUT2D eigenvalue weighted by molar-refractivity contribution is -0.161. The van der Waals surface area contributed by atoms with Gasteiger partial charge in [0.25, 0.3) is 0 Å². The first-order chi connectivity index (χ1) is 25.9. The normalized spacial score (nSPS) is 12.2. The molecule has 310 valence electrons. The molecule has 0 bridgehead atoms. The van der Waals surface area contributed by atoms with E-state index >= 15 is 0 Å². The van der Waals surface area contributed by atoms with E-state index in [4.69, 9.17) is 14.2 Å². The van der Waals surface area contributed by atoms with Gasteiger partial charge in [-0.3, -0.25) is 9.59 Å². The van der Waals surface area contributed by atoms with Crippen LogP contribution in [0.2, 0.25) is 0 Å². The summed E-state index contributed by atoms with van der Waals surface area (Å²) in [4.78, 5) is 39.4. The van der Waals surface area contributed by atoms with E-state index in [1.165, 1.54) is 109 Å². The number of carbonyl (C=O) groups is 3. The number of unbranched alkanes of at least 4 members (excludes halogenated alkanes) is 22. The van der Waals surface area contributed by atoms with Crippen LogP contribution in [0.5, 0.6) is 0 Å². The standard InChI is InChI=1S/C45H84N2O6/c1-5-7-9-11-13-15-17-19-21-23-25-27-29-31-33-36-43(48)51-40-42(41-52-45(50)46-38-35-39-47(3)4)53-44(49)37-34-32-30-28-26-24-22-20-18-16-14-12-10-8-6-2/h19-22,42H,5-18,23-41H2,1-4H3,(H,46,50)/b21-19-,22-20-. The van der Waals surface area contributed by atoms with E-state index in [2.05, 4.69) is 43.5 Å². The zero-order chi connectivity index (χ0) is 38.9. The summed E-state index contributed by atoms with van der Waals surface area (Å²) in [6, 6.07) is 0. The molecule has 53 heavy (non-hydrogen) atoms. The summed E-state index contributed by atoms with van der Waals surface area (Å²) in [5.74, 6) is -0.662. The topological polar surface area (TPSA) is 94.2 Å². The fourth-order valence-electron chi connectivity index (χ4n) is 6.10. The lowest BCUT2D eigenvalue weighted by Crippen LogP contribution is -2.34. The van der Waals surface area contributed by atoms with Crippen LogP contribution in [0.15, 0.2) is 24.3 Å². The molecule has 1 N–H and O–H groups in total. The number of hydrogen-bond donors (Lipinski definition) is 1. The Labute approximate surface area is 327 Å². The number of nitrogens with zero attached hydrogens (tertiary/aromatic N) is 1. The first kappa shape index (κ1) is 50.6. The maximum atomic E-state index is 12.6. The first-order valence-electron chi connectivity index (χ1n) is 22.1. The smallest absolute Gasteiger partial charge is 0.407 e. The minimum absolute atomic E-state index is 0.115. The largest absolute Gasteiger partial charge is 0.462 e. The summed E-state index contributed by atoms with van der Waals surface area (Å²) in [5, 5.41) is 2.72. The molecule has 0 saturated heterocycles. The van der Waals surface area contributed by atoms with Crippen LogP contribution in [0, 0.1) is 0 Å². The van der Waals surface area contributed by atoms with Gasteiger partial charge in [-0.25, -0.2) is 4.79 Å². The molecule has 0 aliphatic carbocycles. The van der Waals surface area contributed by atoms with Crippen molar-refractivity contribution >= 4 is 18.0 Å². The molecule has 0 aromatic heterocycles. The molecule has 8 heteroatoms. The van der Waals surface area contributed by atoms with Gasteiger partial charge in [-0.15, -0.1) is 0 Å². The molecule has 0 aliphatic rings. The predicted octanol–water partition coefficient (Wildman–Crippen LogP) is 12.2. The van der Waals surface area contributed by atoms with E-state index in [-0.39, 0.29) is 25.2 Å². The van der Waals surface area contributed by atoms with E-state index in [1.807, 2.05) is 19.0 Å². The monoisotopic (exact) mass is 749 g/mol. The molecule has 0 heterocycles. The summed E-state index contributed by atoms with van der Waals surface area (Å²) in [5.41, 5.74) is 0. The fourth-order valence-corrected chi connectivity index (χ4v) is 6.10. The van der Waals surface area contributed by atoms with Crippen LogP contribution in [-0.4, -0.2) is 69.4 Å². The second-order valence-corrected chi connectivity index (χ2v) is 15.1. The Bertz CT molecular complexity index is 890. The highest BCUT2D eigenvalue weighted by molar-refractivity contribution is 5.70. The molecule has 0 aromatic rings. The number of allylic oxidation sites excluding steroid dienone is 4. The van der Waals surface area contributed by atoms with Crippen molar-refractivity contribution < 1.29 is 28.6 Å². The van der Waals surface area contributed by atoms with Crippen LogP contribution in [0.1, 0.15) is 200 Å². The van der Waals surface area contributed by atoms with Gasteiger partial charge in [-0.1, -0.05) is 141 Å². The number of amides is 1. The molecule has 0 spiro atoms. The number of ether oxygens (including phenoxy) is 3. The molecule has 1 unspecified atom stereocenters.